The topological polar surface area (TPSA) is 79.7 Å². The minimum atomic E-state index is 0.622. The molecule has 98 valence electrons. The van der Waals surface area contributed by atoms with Crippen LogP contribution < -0.4 is 11.5 Å². The monoisotopic (exact) mass is 234 g/mol. The molecule has 0 saturated heterocycles. The number of unbranched alkanes of at least 4 members (excludes halogenated alkanes) is 1. The summed E-state index contributed by atoms with van der Waals surface area (Å²) in [5.41, 5.74) is 10.7. The van der Waals surface area contributed by atoms with Gasteiger partial charge in [-0.15, -0.1) is 0 Å². The van der Waals surface area contributed by atoms with Crippen LogP contribution in [0.1, 0.15) is 19.3 Å². The largest absolute Gasteiger partial charge is 0.379 e. The molecule has 4 N–H and O–H groups in total. The maximum absolute atomic E-state index is 5.36. The van der Waals surface area contributed by atoms with Gasteiger partial charge in [0.05, 0.1) is 26.4 Å². The molecule has 0 aliphatic carbocycles. The molecule has 0 atom stereocenters. The van der Waals surface area contributed by atoms with Crippen molar-refractivity contribution >= 4 is 0 Å². The van der Waals surface area contributed by atoms with Crippen molar-refractivity contribution in [2.45, 2.75) is 19.3 Å². The van der Waals surface area contributed by atoms with E-state index >= 15 is 0 Å². The molecule has 0 rings (SSSR count). The van der Waals surface area contributed by atoms with Crippen molar-refractivity contribution in [3.8, 4) is 0 Å². The fourth-order valence-corrected chi connectivity index (χ4v) is 1.08. The highest BCUT2D eigenvalue weighted by molar-refractivity contribution is 4.40. The first-order chi connectivity index (χ1) is 7.91. The summed E-state index contributed by atoms with van der Waals surface area (Å²) in [7, 11) is 0. The lowest BCUT2D eigenvalue weighted by molar-refractivity contribution is 0.0139. The van der Waals surface area contributed by atoms with E-state index in [1.165, 1.54) is 0 Å². The molecule has 5 nitrogen and oxygen atoms in total. The summed E-state index contributed by atoms with van der Waals surface area (Å²) in [6, 6.07) is 0. The number of ether oxygens (including phenoxy) is 3. The van der Waals surface area contributed by atoms with Gasteiger partial charge in [0, 0.05) is 13.2 Å². The Morgan fingerprint density at radius 1 is 0.500 bits per heavy atom. The molecule has 16 heavy (non-hydrogen) atoms. The van der Waals surface area contributed by atoms with E-state index in [4.69, 9.17) is 25.7 Å². The predicted octanol–water partition coefficient (Wildman–Crippen LogP) is 0.124. The Balaban J connectivity index is 2.83. The summed E-state index contributed by atoms with van der Waals surface area (Å²) in [4.78, 5) is 0. The molecule has 0 saturated carbocycles. The third-order valence-corrected chi connectivity index (χ3v) is 1.98. The lowest BCUT2D eigenvalue weighted by Gasteiger charge is -2.06. The molecular weight excluding hydrogens is 208 g/mol. The summed E-state index contributed by atoms with van der Waals surface area (Å²) < 4.78 is 15.9. The Labute approximate surface area is 98.4 Å². The quantitative estimate of drug-likeness (QED) is 0.443. The van der Waals surface area contributed by atoms with E-state index in [0.717, 1.165) is 39.0 Å². The Hall–Kier alpha value is -0.200. The van der Waals surface area contributed by atoms with Gasteiger partial charge in [-0.3, -0.25) is 0 Å². The van der Waals surface area contributed by atoms with Crippen molar-refractivity contribution in [3.05, 3.63) is 0 Å². The van der Waals surface area contributed by atoms with Crippen LogP contribution >= 0.6 is 0 Å². The Kier molecular flexibility index (Phi) is 14.6. The number of rotatable bonds is 13. The first-order valence-electron chi connectivity index (χ1n) is 6.05. The van der Waals surface area contributed by atoms with Crippen LogP contribution in [0, 0.1) is 0 Å². The Bertz CT molecular complexity index is 112. The lowest BCUT2D eigenvalue weighted by Crippen LogP contribution is -2.11. The third-order valence-electron chi connectivity index (χ3n) is 1.98. The minimum Gasteiger partial charge on any atom is -0.379 e. The van der Waals surface area contributed by atoms with Crippen molar-refractivity contribution < 1.29 is 14.2 Å². The Morgan fingerprint density at radius 2 is 0.938 bits per heavy atom. The Morgan fingerprint density at radius 3 is 1.44 bits per heavy atom. The van der Waals surface area contributed by atoms with Crippen LogP contribution in [-0.4, -0.2) is 52.7 Å². The van der Waals surface area contributed by atoms with E-state index in [0.29, 0.717) is 33.0 Å². The van der Waals surface area contributed by atoms with E-state index in [-0.39, 0.29) is 0 Å². The van der Waals surface area contributed by atoms with Crippen molar-refractivity contribution in [3.63, 3.8) is 0 Å². The van der Waals surface area contributed by atoms with Gasteiger partial charge in [-0.1, -0.05) is 0 Å². The molecule has 0 aliphatic heterocycles. The van der Waals surface area contributed by atoms with Gasteiger partial charge in [-0.2, -0.15) is 0 Å². The van der Waals surface area contributed by atoms with Gasteiger partial charge in [0.2, 0.25) is 0 Å². The fraction of sp³-hybridized carbons (Fsp3) is 1.00. The normalized spacial score (nSPS) is 10.9. The van der Waals surface area contributed by atoms with Crippen LogP contribution in [0.3, 0.4) is 0 Å². The van der Waals surface area contributed by atoms with E-state index in [2.05, 4.69) is 0 Å². The molecule has 0 bridgehead atoms. The van der Waals surface area contributed by atoms with Gasteiger partial charge in [0.1, 0.15) is 0 Å². The van der Waals surface area contributed by atoms with Crippen molar-refractivity contribution in [2.75, 3.05) is 52.7 Å². The second-order valence-corrected chi connectivity index (χ2v) is 3.48. The van der Waals surface area contributed by atoms with E-state index in [9.17, 15) is 0 Å². The highest BCUT2D eigenvalue weighted by Crippen LogP contribution is 1.88. The second-order valence-electron chi connectivity index (χ2n) is 3.48. The maximum atomic E-state index is 5.36. The molecule has 0 fully saturated rings. The number of hydrogen-bond donors (Lipinski definition) is 2. The zero-order chi connectivity index (χ0) is 11.9. The van der Waals surface area contributed by atoms with Gasteiger partial charge in [0.15, 0.2) is 0 Å². The molecule has 0 amide bonds. The SMILES string of the molecule is NCCCCOCCOCCOCCCN. The molecule has 0 unspecified atom stereocenters. The van der Waals surface area contributed by atoms with Gasteiger partial charge in [-0.05, 0) is 32.4 Å². The molecule has 0 aromatic heterocycles. The average molecular weight is 234 g/mol. The summed E-state index contributed by atoms with van der Waals surface area (Å²) in [5.74, 6) is 0. The zero-order valence-electron chi connectivity index (χ0n) is 10.2. The molecule has 5 heteroatoms. The molecular formula is C11H26N2O3. The minimum absolute atomic E-state index is 0.622. The van der Waals surface area contributed by atoms with Crippen LogP contribution in [0.25, 0.3) is 0 Å². The van der Waals surface area contributed by atoms with Crippen LogP contribution in [0.5, 0.6) is 0 Å². The molecule has 0 heterocycles. The van der Waals surface area contributed by atoms with Gasteiger partial charge in [0.25, 0.3) is 0 Å². The van der Waals surface area contributed by atoms with Crippen molar-refractivity contribution in [1.29, 1.82) is 0 Å². The standard InChI is InChI=1S/C11H26N2O3/c12-4-1-2-6-14-8-10-16-11-9-15-7-3-5-13/h1-13H2. The van der Waals surface area contributed by atoms with Gasteiger partial charge >= 0.3 is 0 Å². The number of nitrogens with two attached hydrogens (primary N) is 2. The summed E-state index contributed by atoms with van der Waals surface area (Å²) in [5, 5.41) is 0. The maximum Gasteiger partial charge on any atom is 0.0701 e. The highest BCUT2D eigenvalue weighted by atomic mass is 16.5. The van der Waals surface area contributed by atoms with Crippen LogP contribution in [0.15, 0.2) is 0 Å². The number of hydrogen-bond acceptors (Lipinski definition) is 5. The lowest BCUT2D eigenvalue weighted by atomic mass is 10.3. The predicted molar refractivity (Wildman–Crippen MR) is 64.4 cm³/mol. The molecule has 0 aromatic carbocycles. The third kappa shape index (κ3) is 13.8. The van der Waals surface area contributed by atoms with E-state index in [1.54, 1.807) is 0 Å². The van der Waals surface area contributed by atoms with Crippen LogP contribution in [0.2, 0.25) is 0 Å². The van der Waals surface area contributed by atoms with Crippen LogP contribution in [0.4, 0.5) is 0 Å². The molecule has 0 aromatic rings. The average Bonchev–Trinajstić information content (AvgIpc) is 2.31. The van der Waals surface area contributed by atoms with Gasteiger partial charge in [-0.25, -0.2) is 0 Å². The summed E-state index contributed by atoms with van der Waals surface area (Å²) >= 11 is 0. The summed E-state index contributed by atoms with van der Waals surface area (Å²) in [6.07, 6.45) is 2.96. The van der Waals surface area contributed by atoms with Crippen LogP contribution in [-0.2, 0) is 14.2 Å². The molecule has 0 radical (unpaired) electrons. The first kappa shape index (κ1) is 15.8. The van der Waals surface area contributed by atoms with Crippen molar-refractivity contribution in [2.24, 2.45) is 11.5 Å². The second kappa shape index (κ2) is 14.8. The fourth-order valence-electron chi connectivity index (χ4n) is 1.08. The van der Waals surface area contributed by atoms with Crippen molar-refractivity contribution in [1.82, 2.24) is 0 Å². The summed E-state index contributed by atoms with van der Waals surface area (Å²) in [6.45, 7) is 5.43. The highest BCUT2D eigenvalue weighted by Gasteiger charge is 1.91. The zero-order valence-corrected chi connectivity index (χ0v) is 10.2. The van der Waals surface area contributed by atoms with E-state index in [1.807, 2.05) is 0 Å². The first-order valence-corrected chi connectivity index (χ1v) is 6.05. The van der Waals surface area contributed by atoms with E-state index < -0.39 is 0 Å². The molecule has 0 aliphatic rings. The smallest absolute Gasteiger partial charge is 0.0701 e. The van der Waals surface area contributed by atoms with Gasteiger partial charge < -0.3 is 25.7 Å². The molecule has 0 spiro atoms.